The van der Waals surface area contributed by atoms with Gasteiger partial charge in [-0.15, -0.1) is 10.2 Å². The summed E-state index contributed by atoms with van der Waals surface area (Å²) >= 11 is 12.4. The molecule has 140 valence electrons. The van der Waals surface area contributed by atoms with Crippen molar-refractivity contribution in [1.82, 2.24) is 15.5 Å². The van der Waals surface area contributed by atoms with Crippen LogP contribution in [0.25, 0.3) is 10.6 Å². The van der Waals surface area contributed by atoms with Crippen molar-refractivity contribution in [1.29, 1.82) is 0 Å². The number of anilines is 1. The SMILES string of the molecule is CC[C@H](C)[C@@H](NC(=O)C(Cl)Cl)C(=O)Nc1nnc(-c2ccc(C)cc2)s1. The van der Waals surface area contributed by atoms with Gasteiger partial charge in [-0.25, -0.2) is 0 Å². The van der Waals surface area contributed by atoms with Crippen LogP contribution in [0.15, 0.2) is 24.3 Å². The number of carbonyl (C=O) groups excluding carboxylic acids is 2. The molecule has 2 atom stereocenters. The molecule has 26 heavy (non-hydrogen) atoms. The Morgan fingerprint density at radius 1 is 1.15 bits per heavy atom. The molecule has 0 radical (unpaired) electrons. The van der Waals surface area contributed by atoms with E-state index >= 15 is 0 Å². The van der Waals surface area contributed by atoms with Crippen LogP contribution >= 0.6 is 34.5 Å². The summed E-state index contributed by atoms with van der Waals surface area (Å²) in [5.41, 5.74) is 2.07. The minimum atomic E-state index is -1.23. The highest BCUT2D eigenvalue weighted by Gasteiger charge is 2.28. The second-order valence-corrected chi connectivity index (χ2v) is 8.01. The molecule has 0 spiro atoms. The van der Waals surface area contributed by atoms with Crippen LogP contribution in [-0.2, 0) is 9.59 Å². The minimum Gasteiger partial charge on any atom is -0.342 e. The van der Waals surface area contributed by atoms with E-state index in [2.05, 4.69) is 20.8 Å². The molecule has 0 bridgehead atoms. The van der Waals surface area contributed by atoms with E-state index in [0.29, 0.717) is 16.6 Å². The molecule has 1 heterocycles. The highest BCUT2D eigenvalue weighted by Crippen LogP contribution is 2.26. The summed E-state index contributed by atoms with van der Waals surface area (Å²) in [6.07, 6.45) is 0.693. The summed E-state index contributed by atoms with van der Waals surface area (Å²) in [5.74, 6) is -1.09. The molecule has 1 aromatic carbocycles. The van der Waals surface area contributed by atoms with Gasteiger partial charge in [0.25, 0.3) is 5.91 Å². The number of amides is 2. The van der Waals surface area contributed by atoms with Gasteiger partial charge in [-0.2, -0.15) is 0 Å². The molecule has 1 aromatic heterocycles. The van der Waals surface area contributed by atoms with Crippen LogP contribution in [0.3, 0.4) is 0 Å². The van der Waals surface area contributed by atoms with Crippen molar-refractivity contribution in [3.63, 3.8) is 0 Å². The number of alkyl halides is 2. The minimum absolute atomic E-state index is 0.101. The fraction of sp³-hybridized carbons (Fsp3) is 0.412. The third kappa shape index (κ3) is 5.40. The van der Waals surface area contributed by atoms with E-state index in [4.69, 9.17) is 23.2 Å². The number of carbonyl (C=O) groups is 2. The summed E-state index contributed by atoms with van der Waals surface area (Å²) in [7, 11) is 0. The molecular formula is C17H20Cl2N4O2S. The lowest BCUT2D eigenvalue weighted by atomic mass is 9.98. The van der Waals surface area contributed by atoms with E-state index in [9.17, 15) is 9.59 Å². The Labute approximate surface area is 166 Å². The maximum atomic E-state index is 12.6. The van der Waals surface area contributed by atoms with Gasteiger partial charge in [0.1, 0.15) is 11.0 Å². The Morgan fingerprint density at radius 2 is 1.81 bits per heavy atom. The highest BCUT2D eigenvalue weighted by molar-refractivity contribution is 7.18. The van der Waals surface area contributed by atoms with Crippen molar-refractivity contribution in [3.8, 4) is 10.6 Å². The Balaban J connectivity index is 2.11. The summed E-state index contributed by atoms with van der Waals surface area (Å²) in [5, 5.41) is 14.5. The van der Waals surface area contributed by atoms with Gasteiger partial charge in [-0.3, -0.25) is 14.9 Å². The molecule has 9 heteroatoms. The second kappa shape index (κ2) is 9.30. The first-order valence-corrected chi connectivity index (χ1v) is 9.80. The van der Waals surface area contributed by atoms with Crippen LogP contribution in [0.4, 0.5) is 5.13 Å². The maximum Gasteiger partial charge on any atom is 0.253 e. The van der Waals surface area contributed by atoms with Crippen molar-refractivity contribution in [2.75, 3.05) is 5.32 Å². The van der Waals surface area contributed by atoms with Crippen molar-refractivity contribution in [2.45, 2.75) is 38.1 Å². The molecular weight excluding hydrogens is 395 g/mol. The Bertz CT molecular complexity index is 764. The largest absolute Gasteiger partial charge is 0.342 e. The number of rotatable bonds is 7. The molecule has 0 saturated heterocycles. The van der Waals surface area contributed by atoms with Gasteiger partial charge in [0.15, 0.2) is 4.84 Å². The van der Waals surface area contributed by atoms with Gasteiger partial charge in [-0.05, 0) is 12.8 Å². The number of halogens is 2. The van der Waals surface area contributed by atoms with Crippen LogP contribution < -0.4 is 10.6 Å². The molecule has 2 aromatic rings. The molecule has 0 aliphatic rings. The van der Waals surface area contributed by atoms with Gasteiger partial charge in [0.2, 0.25) is 11.0 Å². The molecule has 2 N–H and O–H groups in total. The first kappa shape index (κ1) is 20.6. The third-order valence-electron chi connectivity index (χ3n) is 3.95. The maximum absolute atomic E-state index is 12.6. The number of benzene rings is 1. The summed E-state index contributed by atoms with van der Waals surface area (Å²) in [6, 6.07) is 7.10. The summed E-state index contributed by atoms with van der Waals surface area (Å²) in [4.78, 5) is 23.1. The number of aromatic nitrogens is 2. The quantitative estimate of drug-likeness (QED) is 0.674. The van der Waals surface area contributed by atoms with E-state index in [1.807, 2.05) is 45.0 Å². The third-order valence-corrected chi connectivity index (χ3v) is 5.23. The topological polar surface area (TPSA) is 84.0 Å². The lowest BCUT2D eigenvalue weighted by Crippen LogP contribution is -2.49. The molecule has 2 amide bonds. The first-order chi connectivity index (χ1) is 12.3. The molecule has 0 fully saturated rings. The number of nitrogens with one attached hydrogen (secondary N) is 2. The normalized spacial score (nSPS) is 13.3. The van der Waals surface area contributed by atoms with Gasteiger partial charge < -0.3 is 5.32 Å². The van der Waals surface area contributed by atoms with Crippen LogP contribution in [-0.4, -0.2) is 32.9 Å². The van der Waals surface area contributed by atoms with Gasteiger partial charge in [0.05, 0.1) is 0 Å². The number of hydrogen-bond acceptors (Lipinski definition) is 5. The molecule has 0 saturated carbocycles. The molecule has 0 unspecified atom stereocenters. The summed E-state index contributed by atoms with van der Waals surface area (Å²) < 4.78 is 0. The van der Waals surface area contributed by atoms with Crippen LogP contribution in [0.1, 0.15) is 25.8 Å². The zero-order valence-corrected chi connectivity index (χ0v) is 17.0. The zero-order chi connectivity index (χ0) is 19.3. The summed E-state index contributed by atoms with van der Waals surface area (Å²) in [6.45, 7) is 5.79. The van der Waals surface area contributed by atoms with Gasteiger partial charge in [-0.1, -0.05) is 84.6 Å². The fourth-order valence-electron chi connectivity index (χ4n) is 2.19. The van der Waals surface area contributed by atoms with Crippen LogP contribution in [0.2, 0.25) is 0 Å². The predicted octanol–water partition coefficient (Wildman–Crippen LogP) is 3.79. The Kier molecular flexibility index (Phi) is 7.37. The standard InChI is InChI=1S/C17H20Cl2N4O2S/c1-4-10(3)12(20-15(25)13(18)19)14(24)21-17-23-22-16(26-17)11-7-5-9(2)6-8-11/h5-8,10,12-13H,4H2,1-3H3,(H,20,25)(H,21,23,24)/t10-,12+/m0/s1. The van der Waals surface area contributed by atoms with Crippen LogP contribution in [0, 0.1) is 12.8 Å². The van der Waals surface area contributed by atoms with Gasteiger partial charge in [0, 0.05) is 5.56 Å². The lowest BCUT2D eigenvalue weighted by molar-refractivity contribution is -0.126. The average molecular weight is 415 g/mol. The zero-order valence-electron chi connectivity index (χ0n) is 14.6. The monoisotopic (exact) mass is 414 g/mol. The predicted molar refractivity (Wildman–Crippen MR) is 106 cm³/mol. The van der Waals surface area contributed by atoms with Crippen molar-refractivity contribution >= 4 is 51.5 Å². The Morgan fingerprint density at radius 3 is 2.38 bits per heavy atom. The molecule has 0 aliphatic heterocycles. The van der Waals surface area contributed by atoms with E-state index in [-0.39, 0.29) is 11.8 Å². The fourth-order valence-corrected chi connectivity index (χ4v) is 3.07. The first-order valence-electron chi connectivity index (χ1n) is 8.11. The number of nitrogens with zero attached hydrogens (tertiary/aromatic N) is 2. The van der Waals surface area contributed by atoms with Crippen molar-refractivity contribution < 1.29 is 9.59 Å². The number of hydrogen-bond donors (Lipinski definition) is 2. The van der Waals surface area contributed by atoms with Crippen molar-refractivity contribution in [2.24, 2.45) is 5.92 Å². The van der Waals surface area contributed by atoms with E-state index < -0.39 is 16.8 Å². The Hall–Kier alpha value is -1.70. The van der Waals surface area contributed by atoms with E-state index in [1.54, 1.807) is 0 Å². The highest BCUT2D eigenvalue weighted by atomic mass is 35.5. The van der Waals surface area contributed by atoms with Crippen LogP contribution in [0.5, 0.6) is 0 Å². The second-order valence-electron chi connectivity index (χ2n) is 5.94. The number of aryl methyl sites for hydroxylation is 1. The average Bonchev–Trinajstić information content (AvgIpc) is 3.07. The van der Waals surface area contributed by atoms with Gasteiger partial charge >= 0.3 is 0 Å². The van der Waals surface area contributed by atoms with E-state index in [1.165, 1.54) is 11.3 Å². The molecule has 0 aliphatic carbocycles. The van der Waals surface area contributed by atoms with E-state index in [0.717, 1.165) is 11.1 Å². The molecule has 6 nitrogen and oxygen atoms in total. The smallest absolute Gasteiger partial charge is 0.253 e. The van der Waals surface area contributed by atoms with Crippen molar-refractivity contribution in [3.05, 3.63) is 29.8 Å². The molecule has 2 rings (SSSR count). The lowest BCUT2D eigenvalue weighted by Gasteiger charge is -2.23.